The minimum absolute atomic E-state index is 0.0274. The third-order valence-corrected chi connectivity index (χ3v) is 2.58. The Morgan fingerprint density at radius 1 is 1.24 bits per heavy atom. The van der Waals surface area contributed by atoms with Gasteiger partial charge in [0, 0.05) is 5.56 Å². The van der Waals surface area contributed by atoms with Crippen molar-refractivity contribution < 1.29 is 17.6 Å². The average molecular weight is 313 g/mol. The van der Waals surface area contributed by atoms with E-state index < -0.39 is 11.7 Å². The molecule has 0 aliphatic carbocycles. The Kier molecular flexibility index (Phi) is 4.27. The van der Waals surface area contributed by atoms with Gasteiger partial charge in [0.15, 0.2) is 5.11 Å². The van der Waals surface area contributed by atoms with Gasteiger partial charge in [0.25, 0.3) is 0 Å². The molecule has 8 heteroatoms. The summed E-state index contributed by atoms with van der Waals surface area (Å²) in [6, 6.07) is 8.11. The Labute approximate surface area is 123 Å². The second-order valence-corrected chi connectivity index (χ2v) is 4.42. The summed E-state index contributed by atoms with van der Waals surface area (Å²) in [5, 5.41) is 3.63. The van der Waals surface area contributed by atoms with E-state index in [2.05, 4.69) is 22.7 Å². The number of nitrogens with one attached hydrogen (secondary N) is 1. The van der Waals surface area contributed by atoms with E-state index in [4.69, 9.17) is 10.2 Å². The summed E-state index contributed by atoms with van der Waals surface area (Å²) < 4.78 is 44.1. The molecular weight excluding hydrogens is 303 g/mol. The molecule has 0 unspecified atom stereocenters. The van der Waals surface area contributed by atoms with E-state index in [0.717, 1.165) is 6.07 Å². The number of hydrazone groups is 1. The van der Waals surface area contributed by atoms with E-state index in [9.17, 15) is 13.2 Å². The number of furan rings is 1. The first kappa shape index (κ1) is 15.0. The lowest BCUT2D eigenvalue weighted by Gasteiger charge is -2.10. The molecule has 0 saturated carbocycles. The third kappa shape index (κ3) is 3.82. The topological polar surface area (TPSA) is 63.5 Å². The molecule has 0 amide bonds. The molecule has 1 heterocycles. The SMILES string of the molecule is NC(=S)N/N=C/c1ccc(-c2ccccc2C(F)(F)F)o1. The van der Waals surface area contributed by atoms with Gasteiger partial charge in [-0.2, -0.15) is 18.3 Å². The summed E-state index contributed by atoms with van der Waals surface area (Å²) in [6.07, 6.45) is -3.19. The maximum absolute atomic E-state index is 12.9. The molecule has 0 fully saturated rings. The van der Waals surface area contributed by atoms with Gasteiger partial charge in [-0.05, 0) is 30.4 Å². The fraction of sp³-hybridized carbons (Fsp3) is 0.0769. The highest BCUT2D eigenvalue weighted by molar-refractivity contribution is 7.80. The maximum Gasteiger partial charge on any atom is 0.417 e. The van der Waals surface area contributed by atoms with Gasteiger partial charge in [-0.1, -0.05) is 18.2 Å². The van der Waals surface area contributed by atoms with Crippen molar-refractivity contribution in [3.05, 3.63) is 47.7 Å². The predicted molar refractivity (Wildman–Crippen MR) is 76.7 cm³/mol. The number of nitrogens with zero attached hydrogens (tertiary/aromatic N) is 1. The molecule has 21 heavy (non-hydrogen) atoms. The molecule has 4 nitrogen and oxygen atoms in total. The lowest BCUT2D eigenvalue weighted by atomic mass is 10.1. The summed E-state index contributed by atoms with van der Waals surface area (Å²) in [5.41, 5.74) is 6.69. The molecule has 110 valence electrons. The highest BCUT2D eigenvalue weighted by Crippen LogP contribution is 2.37. The largest absolute Gasteiger partial charge is 0.455 e. The molecule has 0 radical (unpaired) electrons. The van der Waals surface area contributed by atoms with Crippen molar-refractivity contribution in [3.63, 3.8) is 0 Å². The zero-order valence-electron chi connectivity index (χ0n) is 10.5. The van der Waals surface area contributed by atoms with Crippen LogP contribution in [-0.2, 0) is 6.18 Å². The van der Waals surface area contributed by atoms with Crippen molar-refractivity contribution in [2.24, 2.45) is 10.8 Å². The van der Waals surface area contributed by atoms with Gasteiger partial charge in [0.05, 0.1) is 11.8 Å². The maximum atomic E-state index is 12.9. The van der Waals surface area contributed by atoms with Gasteiger partial charge < -0.3 is 10.2 Å². The molecule has 0 bridgehead atoms. The van der Waals surface area contributed by atoms with Gasteiger partial charge in [0.1, 0.15) is 11.5 Å². The van der Waals surface area contributed by atoms with Crippen LogP contribution in [0.15, 0.2) is 45.9 Å². The Morgan fingerprint density at radius 2 is 1.95 bits per heavy atom. The molecule has 2 aromatic rings. The molecule has 2 rings (SSSR count). The first-order valence-electron chi connectivity index (χ1n) is 5.73. The summed E-state index contributed by atoms with van der Waals surface area (Å²) in [7, 11) is 0. The summed E-state index contributed by atoms with van der Waals surface area (Å²) in [5.74, 6) is 0.366. The van der Waals surface area contributed by atoms with Crippen molar-refractivity contribution in [2.75, 3.05) is 0 Å². The van der Waals surface area contributed by atoms with Crippen molar-refractivity contribution in [1.82, 2.24) is 5.43 Å². The quantitative estimate of drug-likeness (QED) is 0.519. The van der Waals surface area contributed by atoms with Crippen LogP contribution in [0.3, 0.4) is 0 Å². The lowest BCUT2D eigenvalue weighted by molar-refractivity contribution is -0.137. The molecular formula is C13H10F3N3OS. The Bertz CT molecular complexity index is 679. The summed E-state index contributed by atoms with van der Waals surface area (Å²) in [6.45, 7) is 0. The average Bonchev–Trinajstić information content (AvgIpc) is 2.86. The van der Waals surface area contributed by atoms with Gasteiger partial charge >= 0.3 is 6.18 Å². The van der Waals surface area contributed by atoms with Gasteiger partial charge in [-0.3, -0.25) is 5.43 Å². The molecule has 0 aliphatic heterocycles. The summed E-state index contributed by atoms with van der Waals surface area (Å²) >= 11 is 4.55. The van der Waals surface area contributed by atoms with Crippen LogP contribution < -0.4 is 11.2 Å². The van der Waals surface area contributed by atoms with E-state index >= 15 is 0 Å². The van der Waals surface area contributed by atoms with Crippen molar-refractivity contribution in [3.8, 4) is 11.3 Å². The number of halogens is 3. The van der Waals surface area contributed by atoms with Crippen molar-refractivity contribution >= 4 is 23.5 Å². The molecule has 0 spiro atoms. The highest BCUT2D eigenvalue weighted by Gasteiger charge is 2.33. The van der Waals surface area contributed by atoms with E-state index in [0.29, 0.717) is 0 Å². The molecule has 0 saturated heterocycles. The number of rotatable bonds is 3. The lowest BCUT2D eigenvalue weighted by Crippen LogP contribution is -2.23. The van der Waals surface area contributed by atoms with Gasteiger partial charge in [-0.25, -0.2) is 0 Å². The number of hydrogen-bond acceptors (Lipinski definition) is 3. The fourth-order valence-corrected chi connectivity index (χ4v) is 1.72. The number of nitrogens with two attached hydrogens (primary N) is 1. The second-order valence-electron chi connectivity index (χ2n) is 3.98. The number of benzene rings is 1. The van der Waals surface area contributed by atoms with Crippen molar-refractivity contribution in [1.29, 1.82) is 0 Å². The first-order chi connectivity index (χ1) is 9.88. The van der Waals surface area contributed by atoms with Crippen LogP contribution >= 0.6 is 12.2 Å². The monoisotopic (exact) mass is 313 g/mol. The third-order valence-electron chi connectivity index (χ3n) is 2.49. The number of thiocarbonyl (C=S) groups is 1. The minimum Gasteiger partial charge on any atom is -0.455 e. The molecule has 1 aromatic heterocycles. The van der Waals surface area contributed by atoms with Crippen LogP contribution in [0.2, 0.25) is 0 Å². The molecule has 0 aliphatic rings. The molecule has 1 aromatic carbocycles. The van der Waals surface area contributed by atoms with Crippen LogP contribution in [0.5, 0.6) is 0 Å². The van der Waals surface area contributed by atoms with Crippen LogP contribution in [0.4, 0.5) is 13.2 Å². The van der Waals surface area contributed by atoms with E-state index in [-0.39, 0.29) is 22.2 Å². The number of hydrogen-bond donors (Lipinski definition) is 2. The van der Waals surface area contributed by atoms with Crippen LogP contribution in [0.1, 0.15) is 11.3 Å². The zero-order chi connectivity index (χ0) is 15.5. The Hall–Kier alpha value is -2.35. The Morgan fingerprint density at radius 3 is 2.62 bits per heavy atom. The standard InChI is InChI=1S/C13H10F3N3OS/c14-13(15,16)10-4-2-1-3-9(10)11-6-5-8(20-11)7-18-19-12(17)21/h1-7H,(H3,17,19,21)/b18-7+. The van der Waals surface area contributed by atoms with E-state index in [1.165, 1.54) is 36.5 Å². The second kappa shape index (κ2) is 5.96. The van der Waals surface area contributed by atoms with Crippen LogP contribution in [-0.4, -0.2) is 11.3 Å². The molecule has 0 atom stereocenters. The smallest absolute Gasteiger partial charge is 0.417 e. The van der Waals surface area contributed by atoms with E-state index in [1.54, 1.807) is 0 Å². The van der Waals surface area contributed by atoms with Gasteiger partial charge in [0.2, 0.25) is 0 Å². The molecule has 3 N–H and O–H groups in total. The zero-order valence-corrected chi connectivity index (χ0v) is 11.3. The predicted octanol–water partition coefficient (Wildman–Crippen LogP) is 3.13. The number of alkyl halides is 3. The fourth-order valence-electron chi connectivity index (χ4n) is 1.67. The van der Waals surface area contributed by atoms with Crippen LogP contribution in [0, 0.1) is 0 Å². The Balaban J connectivity index is 2.30. The normalized spacial score (nSPS) is 11.8. The summed E-state index contributed by atoms with van der Waals surface area (Å²) in [4.78, 5) is 0. The minimum atomic E-state index is -4.45. The van der Waals surface area contributed by atoms with Crippen molar-refractivity contribution in [2.45, 2.75) is 6.18 Å². The van der Waals surface area contributed by atoms with Crippen LogP contribution in [0.25, 0.3) is 11.3 Å². The first-order valence-corrected chi connectivity index (χ1v) is 6.13. The van der Waals surface area contributed by atoms with E-state index in [1.807, 2.05) is 0 Å². The van der Waals surface area contributed by atoms with Gasteiger partial charge in [-0.15, -0.1) is 0 Å². The highest BCUT2D eigenvalue weighted by atomic mass is 32.1.